The number of benzene rings is 2. The van der Waals surface area contributed by atoms with Crippen molar-refractivity contribution in [2.75, 3.05) is 11.9 Å². The van der Waals surface area contributed by atoms with Crippen molar-refractivity contribution < 1.29 is 29.3 Å². The number of carboxylic acid groups (broad SMARTS) is 1. The monoisotopic (exact) mass is 511 g/mol. The van der Waals surface area contributed by atoms with Gasteiger partial charge in [-0.2, -0.15) is 0 Å². The molecule has 0 aromatic heterocycles. The summed E-state index contributed by atoms with van der Waals surface area (Å²) in [7, 11) is 0. The second kappa shape index (κ2) is 10.8. The lowest BCUT2D eigenvalue weighted by Crippen LogP contribution is -2.28. The van der Waals surface area contributed by atoms with E-state index in [1.54, 1.807) is 31.2 Å². The van der Waals surface area contributed by atoms with Crippen LogP contribution in [-0.2, 0) is 14.3 Å². The second-order valence-electron chi connectivity index (χ2n) is 6.14. The Morgan fingerprint density at radius 1 is 1.21 bits per heavy atom. The van der Waals surface area contributed by atoms with Gasteiger partial charge in [0.2, 0.25) is 0 Å². The van der Waals surface area contributed by atoms with Crippen molar-refractivity contribution in [3.63, 3.8) is 0 Å². The van der Waals surface area contributed by atoms with E-state index in [0.717, 1.165) is 15.2 Å². The summed E-state index contributed by atoms with van der Waals surface area (Å²) in [5.74, 6) is -1.25. The van der Waals surface area contributed by atoms with Gasteiger partial charge in [0.25, 0.3) is 0 Å². The summed E-state index contributed by atoms with van der Waals surface area (Å²) in [6, 6.07) is 12.0. The van der Waals surface area contributed by atoms with Crippen LogP contribution in [0.1, 0.15) is 24.2 Å². The Bertz CT molecular complexity index is 881. The molecule has 29 heavy (non-hydrogen) atoms. The van der Waals surface area contributed by atoms with Crippen LogP contribution in [0.2, 0.25) is 0 Å². The highest BCUT2D eigenvalue weighted by Gasteiger charge is 2.29. The first-order valence-electron chi connectivity index (χ1n) is 8.85. The third-order valence-electron chi connectivity index (χ3n) is 3.91. The van der Waals surface area contributed by atoms with Crippen molar-refractivity contribution in [1.82, 2.24) is 0 Å². The SMILES string of the molecule is CCO[C@@H](/C=C/C(=O)O)[C@@H](OC(=O)Nc1ccc(C)cc1)c1cc(I)ccc1O. The minimum Gasteiger partial charge on any atom is -0.508 e. The van der Waals surface area contributed by atoms with Crippen molar-refractivity contribution in [2.24, 2.45) is 0 Å². The first-order valence-corrected chi connectivity index (χ1v) is 9.93. The molecule has 3 N–H and O–H groups in total. The second-order valence-corrected chi connectivity index (χ2v) is 7.38. The van der Waals surface area contributed by atoms with E-state index < -0.39 is 24.3 Å². The van der Waals surface area contributed by atoms with E-state index in [1.165, 1.54) is 12.1 Å². The molecule has 0 spiro atoms. The van der Waals surface area contributed by atoms with Gasteiger partial charge in [0, 0.05) is 27.5 Å². The number of carbonyl (C=O) groups is 2. The van der Waals surface area contributed by atoms with Gasteiger partial charge in [-0.15, -0.1) is 0 Å². The molecule has 8 heteroatoms. The number of carboxylic acids is 1. The van der Waals surface area contributed by atoms with E-state index >= 15 is 0 Å². The number of phenols is 1. The van der Waals surface area contributed by atoms with Gasteiger partial charge in [-0.3, -0.25) is 5.32 Å². The smallest absolute Gasteiger partial charge is 0.412 e. The molecule has 2 rings (SSSR count). The Kier molecular flexibility index (Phi) is 8.47. The van der Waals surface area contributed by atoms with E-state index in [0.29, 0.717) is 11.3 Å². The van der Waals surface area contributed by atoms with Gasteiger partial charge in [0.1, 0.15) is 11.9 Å². The van der Waals surface area contributed by atoms with Crippen molar-refractivity contribution in [3.05, 3.63) is 69.3 Å². The van der Waals surface area contributed by atoms with Gasteiger partial charge >= 0.3 is 12.1 Å². The van der Waals surface area contributed by atoms with Crippen LogP contribution in [0, 0.1) is 10.5 Å². The number of amides is 1. The molecule has 0 bridgehead atoms. The zero-order valence-corrected chi connectivity index (χ0v) is 18.1. The molecule has 0 unspecified atom stereocenters. The average molecular weight is 511 g/mol. The zero-order chi connectivity index (χ0) is 21.4. The number of hydrogen-bond donors (Lipinski definition) is 3. The van der Waals surface area contributed by atoms with Crippen molar-refractivity contribution in [2.45, 2.75) is 26.1 Å². The highest BCUT2D eigenvalue weighted by molar-refractivity contribution is 14.1. The average Bonchev–Trinajstić information content (AvgIpc) is 2.67. The van der Waals surface area contributed by atoms with Gasteiger partial charge in [-0.25, -0.2) is 9.59 Å². The van der Waals surface area contributed by atoms with Gasteiger partial charge in [0.15, 0.2) is 6.10 Å². The third-order valence-corrected chi connectivity index (χ3v) is 4.59. The fourth-order valence-corrected chi connectivity index (χ4v) is 3.09. The molecule has 0 radical (unpaired) electrons. The number of nitrogens with one attached hydrogen (secondary N) is 1. The van der Waals surface area contributed by atoms with E-state index in [4.69, 9.17) is 14.6 Å². The maximum Gasteiger partial charge on any atom is 0.412 e. The Balaban J connectivity index is 2.34. The minimum absolute atomic E-state index is 0.0908. The highest BCUT2D eigenvalue weighted by Crippen LogP contribution is 2.33. The lowest BCUT2D eigenvalue weighted by atomic mass is 10.0. The molecule has 0 saturated carbocycles. The Morgan fingerprint density at radius 2 is 1.90 bits per heavy atom. The number of phenolic OH excluding ortho intramolecular Hbond substituents is 1. The first-order chi connectivity index (χ1) is 13.8. The highest BCUT2D eigenvalue weighted by atomic mass is 127. The first kappa shape index (κ1) is 22.7. The number of aryl methyl sites for hydroxylation is 1. The predicted molar refractivity (Wildman–Crippen MR) is 117 cm³/mol. The number of halogens is 1. The standard InChI is InChI=1S/C21H22INO6/c1-3-28-18(10-11-19(25)26)20(16-12-14(22)6-9-17(16)24)29-21(27)23-15-7-4-13(2)5-8-15/h4-12,18,20,24H,3H2,1-2H3,(H,23,27)(H,25,26)/b11-10+/t18-,20-/m0/s1. The van der Waals surface area contributed by atoms with E-state index in [2.05, 4.69) is 27.9 Å². The predicted octanol–water partition coefficient (Wildman–Crippen LogP) is 4.64. The largest absolute Gasteiger partial charge is 0.508 e. The molecule has 0 fully saturated rings. The van der Waals surface area contributed by atoms with Gasteiger partial charge < -0.3 is 19.7 Å². The van der Waals surface area contributed by atoms with Crippen molar-refractivity contribution in [1.29, 1.82) is 0 Å². The van der Waals surface area contributed by atoms with E-state index in [1.807, 2.05) is 19.1 Å². The van der Waals surface area contributed by atoms with Gasteiger partial charge in [0.05, 0.1) is 0 Å². The van der Waals surface area contributed by atoms with Crippen LogP contribution in [-0.4, -0.2) is 35.0 Å². The normalized spacial score (nSPS) is 13.1. The molecule has 2 atom stereocenters. The molecule has 1 amide bonds. The lowest BCUT2D eigenvalue weighted by Gasteiger charge is -2.26. The number of carbonyl (C=O) groups excluding carboxylic acids is 1. The van der Waals surface area contributed by atoms with Gasteiger partial charge in [-0.05, 0) is 72.8 Å². The van der Waals surface area contributed by atoms with Crippen molar-refractivity contribution in [3.8, 4) is 5.75 Å². The Morgan fingerprint density at radius 3 is 2.52 bits per heavy atom. The quantitative estimate of drug-likeness (QED) is 0.353. The fraction of sp³-hybridized carbons (Fsp3) is 0.238. The fourth-order valence-electron chi connectivity index (χ4n) is 2.57. The van der Waals surface area contributed by atoms with Crippen LogP contribution in [0.3, 0.4) is 0 Å². The molecular weight excluding hydrogens is 489 g/mol. The molecule has 0 aliphatic carbocycles. The summed E-state index contributed by atoms with van der Waals surface area (Å²) in [5.41, 5.74) is 1.89. The molecule has 0 heterocycles. The number of ether oxygens (including phenoxy) is 2. The molecule has 0 aliphatic rings. The molecule has 7 nitrogen and oxygen atoms in total. The maximum atomic E-state index is 12.5. The van der Waals surface area contributed by atoms with Gasteiger partial charge in [-0.1, -0.05) is 17.7 Å². The van der Waals surface area contributed by atoms with Crippen LogP contribution < -0.4 is 5.32 Å². The third kappa shape index (κ3) is 7.06. The van der Waals surface area contributed by atoms with Crippen LogP contribution in [0.15, 0.2) is 54.6 Å². The van der Waals surface area contributed by atoms with Crippen LogP contribution >= 0.6 is 22.6 Å². The number of aromatic hydroxyl groups is 1. The number of aliphatic carboxylic acids is 1. The summed E-state index contributed by atoms with van der Waals surface area (Å²) in [6.07, 6.45) is -0.533. The zero-order valence-electron chi connectivity index (χ0n) is 16.0. The number of anilines is 1. The van der Waals surface area contributed by atoms with E-state index in [-0.39, 0.29) is 12.4 Å². The minimum atomic E-state index is -1.16. The van der Waals surface area contributed by atoms with Crippen molar-refractivity contribution >= 4 is 40.3 Å². The summed E-state index contributed by atoms with van der Waals surface area (Å²) in [4.78, 5) is 23.5. The molecule has 0 aliphatic heterocycles. The van der Waals surface area contributed by atoms with Crippen LogP contribution in [0.5, 0.6) is 5.75 Å². The Hall–Kier alpha value is -2.59. The number of rotatable bonds is 8. The summed E-state index contributed by atoms with van der Waals surface area (Å²) in [6.45, 7) is 3.91. The number of hydrogen-bond acceptors (Lipinski definition) is 5. The molecule has 0 saturated heterocycles. The topological polar surface area (TPSA) is 105 Å². The summed E-state index contributed by atoms with van der Waals surface area (Å²) < 4.78 is 12.0. The summed E-state index contributed by atoms with van der Waals surface area (Å²) >= 11 is 2.07. The maximum absolute atomic E-state index is 12.5. The Labute approximate surface area is 182 Å². The summed E-state index contributed by atoms with van der Waals surface area (Å²) in [5, 5.41) is 21.9. The van der Waals surface area contributed by atoms with Crippen LogP contribution in [0.4, 0.5) is 10.5 Å². The lowest BCUT2D eigenvalue weighted by molar-refractivity contribution is -0.131. The molecule has 154 valence electrons. The molecule has 2 aromatic carbocycles. The van der Waals surface area contributed by atoms with Crippen LogP contribution in [0.25, 0.3) is 0 Å². The van der Waals surface area contributed by atoms with E-state index in [9.17, 15) is 14.7 Å². The molecular formula is C21H22INO6. The molecule has 2 aromatic rings.